The second kappa shape index (κ2) is 10.6. The predicted molar refractivity (Wildman–Crippen MR) is 200 cm³/mol. The minimum absolute atomic E-state index is 0.204. The summed E-state index contributed by atoms with van der Waals surface area (Å²) in [5.74, 6) is 0. The van der Waals surface area contributed by atoms with E-state index < -0.39 is 0 Å². The van der Waals surface area contributed by atoms with Crippen molar-refractivity contribution in [2.45, 2.75) is 0 Å². The third-order valence-corrected chi connectivity index (χ3v) is 9.13. The van der Waals surface area contributed by atoms with Crippen LogP contribution < -0.4 is 27.3 Å². The van der Waals surface area contributed by atoms with Gasteiger partial charge in [0.05, 0.1) is 0 Å². The average molecular weight is 556 g/mol. The molecular formula is C40H21B5. The van der Waals surface area contributed by atoms with Crippen molar-refractivity contribution in [3.05, 3.63) is 127 Å². The van der Waals surface area contributed by atoms with Gasteiger partial charge in [-0.15, -0.1) is 16.4 Å². The fraction of sp³-hybridized carbons (Fsp3) is 0. The molecule has 0 aliphatic carbocycles. The van der Waals surface area contributed by atoms with Gasteiger partial charge in [-0.3, -0.25) is 0 Å². The van der Waals surface area contributed by atoms with Gasteiger partial charge < -0.3 is 0 Å². The van der Waals surface area contributed by atoms with E-state index >= 15 is 0 Å². The molecule has 5 heteroatoms. The predicted octanol–water partition coefficient (Wildman–Crippen LogP) is 5.27. The van der Waals surface area contributed by atoms with Gasteiger partial charge in [-0.2, -0.15) is 0 Å². The smallest absolute Gasteiger partial charge is 0.112 e. The highest BCUT2D eigenvalue weighted by molar-refractivity contribution is 6.68. The van der Waals surface area contributed by atoms with Crippen molar-refractivity contribution < 1.29 is 0 Å². The number of fused-ring (bicyclic) bond motifs is 4. The van der Waals surface area contributed by atoms with Crippen LogP contribution in [0.5, 0.6) is 0 Å². The summed E-state index contributed by atoms with van der Waals surface area (Å²) < 4.78 is 0. The molecule has 0 atom stereocenters. The van der Waals surface area contributed by atoms with Crippen molar-refractivity contribution in [1.82, 2.24) is 0 Å². The monoisotopic (exact) mass is 556 g/mol. The molecule has 0 saturated heterocycles. The van der Waals surface area contributed by atoms with E-state index in [-0.39, 0.29) is 16.4 Å². The van der Waals surface area contributed by atoms with Crippen LogP contribution in [0, 0.1) is 0 Å². The molecule has 0 aliphatic rings. The Morgan fingerprint density at radius 2 is 0.689 bits per heavy atom. The highest BCUT2D eigenvalue weighted by Gasteiger charge is 2.21. The lowest BCUT2D eigenvalue weighted by atomic mass is 9.59. The average Bonchev–Trinajstić information content (AvgIpc) is 3.08. The zero-order valence-corrected chi connectivity index (χ0v) is 24.5. The molecule has 10 radical (unpaired) electrons. The maximum absolute atomic E-state index is 6.59. The van der Waals surface area contributed by atoms with E-state index in [4.69, 9.17) is 39.2 Å². The Kier molecular flexibility index (Phi) is 6.54. The van der Waals surface area contributed by atoms with Gasteiger partial charge in [0.15, 0.2) is 0 Å². The van der Waals surface area contributed by atoms with Gasteiger partial charge >= 0.3 is 0 Å². The molecular weight excluding hydrogens is 535 g/mol. The largest absolute Gasteiger partial charge is 0.113 e. The van der Waals surface area contributed by atoms with Crippen molar-refractivity contribution in [2.24, 2.45) is 0 Å². The van der Waals surface area contributed by atoms with Crippen LogP contribution in [-0.4, -0.2) is 39.2 Å². The van der Waals surface area contributed by atoms with Crippen molar-refractivity contribution >= 4 is 110 Å². The maximum Gasteiger partial charge on any atom is 0.113 e. The highest BCUT2D eigenvalue weighted by atomic mass is 14.2. The van der Waals surface area contributed by atoms with Crippen LogP contribution in [0.1, 0.15) is 0 Å². The second-order valence-corrected chi connectivity index (χ2v) is 11.6. The molecule has 0 heterocycles. The number of hydrogen-bond donors (Lipinski definition) is 0. The van der Waals surface area contributed by atoms with E-state index in [9.17, 15) is 0 Å². The number of hydrogen-bond acceptors (Lipinski definition) is 0. The zero-order chi connectivity index (χ0) is 30.8. The summed E-state index contributed by atoms with van der Waals surface area (Å²) in [4.78, 5) is 0. The highest BCUT2D eigenvalue weighted by Crippen LogP contribution is 2.47. The first-order valence-electron chi connectivity index (χ1n) is 14.9. The summed E-state index contributed by atoms with van der Waals surface area (Å²) in [5.41, 5.74) is 7.35. The zero-order valence-electron chi connectivity index (χ0n) is 24.5. The number of benzene rings is 8. The Labute approximate surface area is 269 Å². The standard InChI is InChI=1S/C40H21B5/c41-36-33(37(42)39(44)40(45)38(36)43)24-19-20-31-32(21-24)35(28-18-8-12-23-10-2-4-14-26(23)28)30-16-6-5-15-29(30)34(31)27-17-7-11-22-9-1-3-13-25(22)27/h1-21H. The van der Waals surface area contributed by atoms with Gasteiger partial charge in [-0.1, -0.05) is 132 Å². The van der Waals surface area contributed by atoms with Gasteiger partial charge in [-0.05, 0) is 82.5 Å². The van der Waals surface area contributed by atoms with Gasteiger partial charge in [0.1, 0.15) is 39.2 Å². The molecule has 0 aliphatic heterocycles. The SMILES string of the molecule is [B]c1c([B])c([B])c(-c2ccc3c(-c4cccc5ccccc45)c4ccccc4c(-c4cccc5ccccc45)c3c2)c([B])c1[B]. The summed E-state index contributed by atoms with van der Waals surface area (Å²) in [5, 5.41) is 9.25. The summed E-state index contributed by atoms with van der Waals surface area (Å²) in [6.45, 7) is 0. The lowest BCUT2D eigenvalue weighted by Crippen LogP contribution is -2.55. The van der Waals surface area contributed by atoms with Crippen LogP contribution in [0.25, 0.3) is 76.5 Å². The van der Waals surface area contributed by atoms with Crippen LogP contribution in [0.4, 0.5) is 0 Å². The lowest BCUT2D eigenvalue weighted by molar-refractivity contribution is 1.68. The summed E-state index contributed by atoms with van der Waals surface area (Å²) in [6, 6.07) is 45.1. The van der Waals surface area contributed by atoms with Crippen LogP contribution >= 0.6 is 0 Å². The summed E-state index contributed by atoms with van der Waals surface area (Å²) in [7, 11) is 32.0. The van der Waals surface area contributed by atoms with Crippen molar-refractivity contribution in [3.8, 4) is 33.4 Å². The molecule has 0 unspecified atom stereocenters. The Bertz CT molecular complexity index is 2460. The Morgan fingerprint density at radius 1 is 0.289 bits per heavy atom. The summed E-state index contributed by atoms with van der Waals surface area (Å²) >= 11 is 0. The maximum atomic E-state index is 6.59. The fourth-order valence-corrected chi connectivity index (χ4v) is 6.96. The molecule has 0 spiro atoms. The minimum Gasteiger partial charge on any atom is -0.112 e. The lowest BCUT2D eigenvalue weighted by Gasteiger charge is -2.23. The fourth-order valence-electron chi connectivity index (χ4n) is 6.96. The molecule has 8 aromatic carbocycles. The first-order chi connectivity index (χ1) is 21.9. The van der Waals surface area contributed by atoms with E-state index in [0.717, 1.165) is 32.8 Å². The molecule has 0 saturated carbocycles. The van der Waals surface area contributed by atoms with Crippen LogP contribution in [0.3, 0.4) is 0 Å². The van der Waals surface area contributed by atoms with Gasteiger partial charge in [0.25, 0.3) is 0 Å². The van der Waals surface area contributed by atoms with E-state index in [1.54, 1.807) is 0 Å². The Morgan fingerprint density at radius 3 is 1.22 bits per heavy atom. The normalized spacial score (nSPS) is 11.6. The quantitative estimate of drug-likeness (QED) is 0.206. The van der Waals surface area contributed by atoms with E-state index in [1.807, 2.05) is 0 Å². The molecule has 0 fully saturated rings. The van der Waals surface area contributed by atoms with Crippen molar-refractivity contribution in [2.75, 3.05) is 0 Å². The Balaban J connectivity index is 1.59. The molecule has 0 aromatic heterocycles. The van der Waals surface area contributed by atoms with Crippen LogP contribution in [0.15, 0.2) is 127 Å². The van der Waals surface area contributed by atoms with Crippen LogP contribution in [-0.2, 0) is 0 Å². The van der Waals surface area contributed by atoms with Gasteiger partial charge in [0, 0.05) is 0 Å². The summed E-state index contributed by atoms with van der Waals surface area (Å²) in [6.07, 6.45) is 0. The third-order valence-electron chi connectivity index (χ3n) is 9.13. The topological polar surface area (TPSA) is 0 Å². The molecule has 196 valence electrons. The first-order valence-corrected chi connectivity index (χ1v) is 14.9. The second-order valence-electron chi connectivity index (χ2n) is 11.6. The molecule has 8 aromatic rings. The van der Waals surface area contributed by atoms with Crippen LogP contribution in [0.2, 0.25) is 0 Å². The van der Waals surface area contributed by atoms with E-state index in [1.165, 1.54) is 38.1 Å². The molecule has 0 N–H and O–H groups in total. The van der Waals surface area contributed by atoms with Gasteiger partial charge in [0.2, 0.25) is 0 Å². The van der Waals surface area contributed by atoms with Gasteiger partial charge in [-0.25, -0.2) is 0 Å². The molecule has 0 amide bonds. The Hall–Kier alpha value is -4.88. The first kappa shape index (κ1) is 27.7. The minimum atomic E-state index is 0.204. The van der Waals surface area contributed by atoms with Crippen molar-refractivity contribution in [3.63, 3.8) is 0 Å². The third kappa shape index (κ3) is 4.21. The number of rotatable bonds is 3. The molecule has 0 nitrogen and oxygen atoms in total. The van der Waals surface area contributed by atoms with Crippen molar-refractivity contribution in [1.29, 1.82) is 0 Å². The van der Waals surface area contributed by atoms with E-state index in [0.29, 0.717) is 16.5 Å². The molecule has 8 rings (SSSR count). The molecule has 45 heavy (non-hydrogen) atoms. The molecule has 0 bridgehead atoms. The van der Waals surface area contributed by atoms with E-state index in [2.05, 4.69) is 127 Å².